The lowest BCUT2D eigenvalue weighted by Gasteiger charge is -2.09. The van der Waals surface area contributed by atoms with Crippen molar-refractivity contribution in [2.45, 2.75) is 13.8 Å². The van der Waals surface area contributed by atoms with E-state index >= 15 is 0 Å². The van der Waals surface area contributed by atoms with E-state index in [2.05, 4.69) is 57.5 Å². The standard InChI is InChI=1S/C19H17N5/c1-12-3-4-13(2)16(9-12)19-20-8-7-18(23-19)22-15-5-6-17-14(10-15)11-21-24-17/h3-11H,1-2H3,(H,21,24)(H,20,22,23). The smallest absolute Gasteiger partial charge is 0.161 e. The maximum absolute atomic E-state index is 4.66. The quantitative estimate of drug-likeness (QED) is 0.589. The van der Waals surface area contributed by atoms with Crippen molar-refractivity contribution in [2.75, 3.05) is 5.32 Å². The number of anilines is 2. The van der Waals surface area contributed by atoms with Crippen LogP contribution in [0, 0.1) is 13.8 Å². The van der Waals surface area contributed by atoms with E-state index in [0.29, 0.717) is 0 Å². The van der Waals surface area contributed by atoms with Gasteiger partial charge in [-0.05, 0) is 49.7 Å². The Bertz CT molecular complexity index is 1020. The van der Waals surface area contributed by atoms with Crippen LogP contribution in [-0.2, 0) is 0 Å². The van der Waals surface area contributed by atoms with Crippen LogP contribution in [-0.4, -0.2) is 20.2 Å². The average Bonchev–Trinajstić information content (AvgIpc) is 3.05. The summed E-state index contributed by atoms with van der Waals surface area (Å²) in [5.41, 5.74) is 5.40. The number of nitrogens with one attached hydrogen (secondary N) is 2. The van der Waals surface area contributed by atoms with Crippen molar-refractivity contribution in [1.82, 2.24) is 20.2 Å². The van der Waals surface area contributed by atoms with Crippen molar-refractivity contribution in [2.24, 2.45) is 0 Å². The second-order valence-electron chi connectivity index (χ2n) is 5.88. The molecule has 0 saturated carbocycles. The molecule has 0 aliphatic carbocycles. The van der Waals surface area contributed by atoms with Crippen LogP contribution in [0.1, 0.15) is 11.1 Å². The molecule has 0 unspecified atom stereocenters. The van der Waals surface area contributed by atoms with Gasteiger partial charge in [0, 0.05) is 22.8 Å². The lowest BCUT2D eigenvalue weighted by molar-refractivity contribution is 1.12. The molecule has 4 rings (SSSR count). The highest BCUT2D eigenvalue weighted by atomic mass is 15.1. The Kier molecular flexibility index (Phi) is 3.46. The predicted octanol–water partition coefficient (Wildman–Crippen LogP) is 4.38. The first-order valence-corrected chi connectivity index (χ1v) is 7.80. The summed E-state index contributed by atoms with van der Waals surface area (Å²) in [6.45, 7) is 4.15. The number of hydrogen-bond donors (Lipinski definition) is 2. The Morgan fingerprint density at radius 3 is 2.83 bits per heavy atom. The highest BCUT2D eigenvalue weighted by Crippen LogP contribution is 2.24. The van der Waals surface area contributed by atoms with Gasteiger partial charge in [0.1, 0.15) is 5.82 Å². The molecule has 0 atom stereocenters. The number of fused-ring (bicyclic) bond motifs is 1. The molecular formula is C19H17N5. The number of benzene rings is 2. The van der Waals surface area contributed by atoms with Crippen LogP contribution in [0.15, 0.2) is 54.9 Å². The molecule has 5 heteroatoms. The first-order valence-electron chi connectivity index (χ1n) is 7.80. The van der Waals surface area contributed by atoms with Crippen molar-refractivity contribution >= 4 is 22.4 Å². The fraction of sp³-hybridized carbons (Fsp3) is 0.105. The summed E-state index contributed by atoms with van der Waals surface area (Å²) >= 11 is 0. The molecule has 0 fully saturated rings. The van der Waals surface area contributed by atoms with Gasteiger partial charge in [0.15, 0.2) is 5.82 Å². The third-order valence-corrected chi connectivity index (χ3v) is 4.00. The summed E-state index contributed by atoms with van der Waals surface area (Å²) in [6, 6.07) is 14.2. The van der Waals surface area contributed by atoms with Gasteiger partial charge in [-0.25, -0.2) is 9.97 Å². The SMILES string of the molecule is Cc1ccc(C)c(-c2nccc(Nc3ccc4[nH]ncc4c3)n2)c1. The van der Waals surface area contributed by atoms with Gasteiger partial charge in [-0.2, -0.15) is 5.10 Å². The van der Waals surface area contributed by atoms with Crippen molar-refractivity contribution in [3.8, 4) is 11.4 Å². The van der Waals surface area contributed by atoms with Gasteiger partial charge in [-0.1, -0.05) is 17.7 Å². The van der Waals surface area contributed by atoms with Crippen molar-refractivity contribution in [1.29, 1.82) is 0 Å². The molecule has 0 bridgehead atoms. The summed E-state index contributed by atoms with van der Waals surface area (Å²) < 4.78 is 0. The highest BCUT2D eigenvalue weighted by Gasteiger charge is 2.07. The normalized spacial score (nSPS) is 10.9. The van der Waals surface area contributed by atoms with E-state index < -0.39 is 0 Å². The zero-order valence-electron chi connectivity index (χ0n) is 13.5. The molecular weight excluding hydrogens is 298 g/mol. The van der Waals surface area contributed by atoms with Crippen molar-refractivity contribution in [3.05, 3.63) is 66.0 Å². The Morgan fingerprint density at radius 2 is 1.92 bits per heavy atom. The number of nitrogens with zero attached hydrogens (tertiary/aromatic N) is 3. The van der Waals surface area contributed by atoms with Crippen LogP contribution < -0.4 is 5.32 Å². The lowest BCUT2D eigenvalue weighted by atomic mass is 10.1. The minimum absolute atomic E-state index is 0.727. The zero-order chi connectivity index (χ0) is 16.5. The molecule has 0 aliphatic rings. The molecule has 2 aromatic heterocycles. The summed E-state index contributed by atoms with van der Waals surface area (Å²) in [5.74, 6) is 1.49. The van der Waals surface area contributed by atoms with E-state index in [0.717, 1.165) is 39.4 Å². The second kappa shape index (κ2) is 5.77. The Labute approximate surface area is 139 Å². The molecule has 5 nitrogen and oxygen atoms in total. The molecule has 118 valence electrons. The van der Waals surface area contributed by atoms with E-state index in [1.807, 2.05) is 30.5 Å². The first-order chi connectivity index (χ1) is 11.7. The molecule has 0 aliphatic heterocycles. The van der Waals surface area contributed by atoms with Crippen LogP contribution in [0.25, 0.3) is 22.3 Å². The first kappa shape index (κ1) is 14.4. The topological polar surface area (TPSA) is 66.5 Å². The Morgan fingerprint density at radius 1 is 1.00 bits per heavy atom. The van der Waals surface area contributed by atoms with Gasteiger partial charge >= 0.3 is 0 Å². The van der Waals surface area contributed by atoms with E-state index in [9.17, 15) is 0 Å². The monoisotopic (exact) mass is 315 g/mol. The lowest BCUT2D eigenvalue weighted by Crippen LogP contribution is -1.98. The number of aryl methyl sites for hydroxylation is 2. The van der Waals surface area contributed by atoms with Crippen LogP contribution in [0.3, 0.4) is 0 Å². The maximum Gasteiger partial charge on any atom is 0.161 e. The van der Waals surface area contributed by atoms with Crippen LogP contribution >= 0.6 is 0 Å². The Balaban J connectivity index is 1.68. The molecule has 0 radical (unpaired) electrons. The van der Waals surface area contributed by atoms with Gasteiger partial charge < -0.3 is 5.32 Å². The summed E-state index contributed by atoms with van der Waals surface area (Å²) in [6.07, 6.45) is 3.59. The summed E-state index contributed by atoms with van der Waals surface area (Å²) in [5, 5.41) is 11.4. The number of rotatable bonds is 3. The molecule has 0 saturated heterocycles. The number of aromatic nitrogens is 4. The average molecular weight is 315 g/mol. The third kappa shape index (κ3) is 2.72. The van der Waals surface area contributed by atoms with Gasteiger partial charge in [0.2, 0.25) is 0 Å². The molecule has 2 aromatic carbocycles. The molecule has 2 heterocycles. The molecule has 4 aromatic rings. The van der Waals surface area contributed by atoms with Crippen LogP contribution in [0.4, 0.5) is 11.5 Å². The summed E-state index contributed by atoms with van der Waals surface area (Å²) in [4.78, 5) is 9.09. The molecule has 0 amide bonds. The predicted molar refractivity (Wildman–Crippen MR) is 96.3 cm³/mol. The van der Waals surface area contributed by atoms with Crippen LogP contribution in [0.5, 0.6) is 0 Å². The van der Waals surface area contributed by atoms with Gasteiger partial charge in [0.25, 0.3) is 0 Å². The maximum atomic E-state index is 4.66. The van der Waals surface area contributed by atoms with Crippen molar-refractivity contribution < 1.29 is 0 Å². The van der Waals surface area contributed by atoms with Crippen LogP contribution in [0.2, 0.25) is 0 Å². The fourth-order valence-corrected chi connectivity index (χ4v) is 2.70. The van der Waals surface area contributed by atoms with Gasteiger partial charge in [-0.3, -0.25) is 5.10 Å². The van der Waals surface area contributed by atoms with E-state index in [-0.39, 0.29) is 0 Å². The van der Waals surface area contributed by atoms with E-state index in [1.165, 1.54) is 5.56 Å². The zero-order valence-corrected chi connectivity index (χ0v) is 13.5. The largest absolute Gasteiger partial charge is 0.340 e. The highest BCUT2D eigenvalue weighted by molar-refractivity contribution is 5.82. The molecule has 2 N–H and O–H groups in total. The van der Waals surface area contributed by atoms with E-state index in [1.54, 1.807) is 6.20 Å². The fourth-order valence-electron chi connectivity index (χ4n) is 2.70. The minimum Gasteiger partial charge on any atom is -0.340 e. The van der Waals surface area contributed by atoms with Gasteiger partial charge in [-0.15, -0.1) is 0 Å². The minimum atomic E-state index is 0.727. The van der Waals surface area contributed by atoms with E-state index in [4.69, 9.17) is 0 Å². The molecule has 0 spiro atoms. The van der Waals surface area contributed by atoms with Crippen molar-refractivity contribution in [3.63, 3.8) is 0 Å². The number of aromatic amines is 1. The number of H-pyrrole nitrogens is 1. The summed E-state index contributed by atoms with van der Waals surface area (Å²) in [7, 11) is 0. The third-order valence-electron chi connectivity index (χ3n) is 4.00. The Hall–Kier alpha value is -3.21. The second-order valence-corrected chi connectivity index (χ2v) is 5.88. The molecule has 24 heavy (non-hydrogen) atoms. The van der Waals surface area contributed by atoms with Gasteiger partial charge in [0.05, 0.1) is 11.7 Å². The number of hydrogen-bond acceptors (Lipinski definition) is 4.